The number of carbonyl (C=O) groups excluding carboxylic acids is 2. The Labute approximate surface area is 175 Å². The number of hydrogen-bond acceptors (Lipinski definition) is 6. The summed E-state index contributed by atoms with van der Waals surface area (Å²) in [6.07, 6.45) is 1.66. The molecule has 1 aliphatic rings. The monoisotopic (exact) mass is 463 g/mol. The molecule has 0 saturated carbocycles. The first-order chi connectivity index (χ1) is 13.5. The number of anilines is 1. The van der Waals surface area contributed by atoms with Crippen LogP contribution in [0, 0.1) is 0 Å². The lowest BCUT2D eigenvalue weighted by atomic mass is 10.1. The molecule has 2 aromatic rings. The van der Waals surface area contributed by atoms with Crippen molar-refractivity contribution in [3.8, 4) is 17.2 Å². The molecule has 0 aliphatic carbocycles. The van der Waals surface area contributed by atoms with Crippen LogP contribution in [0.1, 0.15) is 12.5 Å². The first-order valence-electron chi connectivity index (χ1n) is 8.41. The zero-order chi connectivity index (χ0) is 20.3. The minimum Gasteiger partial charge on any atom is -0.495 e. The van der Waals surface area contributed by atoms with E-state index in [1.807, 2.05) is 6.92 Å². The van der Waals surface area contributed by atoms with Gasteiger partial charge in [0.25, 0.3) is 11.1 Å². The van der Waals surface area contributed by atoms with Crippen molar-refractivity contribution in [3.05, 3.63) is 51.3 Å². The number of methoxy groups -OCH3 is 2. The lowest BCUT2D eigenvalue weighted by Crippen LogP contribution is -2.28. The van der Waals surface area contributed by atoms with Crippen molar-refractivity contribution in [3.63, 3.8) is 0 Å². The Morgan fingerprint density at radius 1 is 1.11 bits per heavy atom. The number of rotatable bonds is 6. The molecule has 0 radical (unpaired) electrons. The molecular weight excluding hydrogens is 446 g/mol. The van der Waals surface area contributed by atoms with E-state index >= 15 is 0 Å². The van der Waals surface area contributed by atoms with Crippen LogP contribution in [0.2, 0.25) is 0 Å². The van der Waals surface area contributed by atoms with E-state index in [4.69, 9.17) is 14.2 Å². The van der Waals surface area contributed by atoms with Gasteiger partial charge in [0, 0.05) is 0 Å². The summed E-state index contributed by atoms with van der Waals surface area (Å²) in [7, 11) is 3.05. The maximum absolute atomic E-state index is 12.9. The highest BCUT2D eigenvalue weighted by atomic mass is 79.9. The van der Waals surface area contributed by atoms with Gasteiger partial charge in [-0.2, -0.15) is 0 Å². The molecule has 2 aromatic carbocycles. The Hall–Kier alpha value is -2.45. The van der Waals surface area contributed by atoms with E-state index in [1.165, 1.54) is 7.11 Å². The second-order valence-corrected chi connectivity index (χ2v) is 7.50. The van der Waals surface area contributed by atoms with Crippen LogP contribution in [0.4, 0.5) is 10.5 Å². The molecule has 0 atom stereocenters. The summed E-state index contributed by atoms with van der Waals surface area (Å²) in [6.45, 7) is 2.34. The average Bonchev–Trinajstić information content (AvgIpc) is 2.95. The van der Waals surface area contributed by atoms with Crippen LogP contribution in [0.25, 0.3) is 6.08 Å². The quantitative estimate of drug-likeness (QED) is 0.554. The molecule has 146 valence electrons. The summed E-state index contributed by atoms with van der Waals surface area (Å²) in [5, 5.41) is -0.377. The van der Waals surface area contributed by atoms with Crippen LogP contribution in [0.3, 0.4) is 0 Å². The zero-order valence-electron chi connectivity index (χ0n) is 15.5. The second kappa shape index (κ2) is 8.70. The molecule has 0 bridgehead atoms. The summed E-state index contributed by atoms with van der Waals surface area (Å²) < 4.78 is 16.9. The predicted molar refractivity (Wildman–Crippen MR) is 113 cm³/mol. The SMILES string of the molecule is CCOc1cc(/C=C2\SC(=O)N(c3ccccc3OC)C2=O)cc(Br)c1OC. The van der Waals surface area contributed by atoms with Gasteiger partial charge in [0.05, 0.1) is 35.9 Å². The highest BCUT2D eigenvalue weighted by molar-refractivity contribution is 9.10. The number of thioether (sulfide) groups is 1. The zero-order valence-corrected chi connectivity index (χ0v) is 17.9. The van der Waals surface area contributed by atoms with Gasteiger partial charge < -0.3 is 14.2 Å². The minimum absolute atomic E-state index is 0.315. The van der Waals surface area contributed by atoms with E-state index in [9.17, 15) is 9.59 Å². The Kier molecular flexibility index (Phi) is 6.31. The summed E-state index contributed by atoms with van der Waals surface area (Å²) in [6, 6.07) is 10.5. The van der Waals surface area contributed by atoms with E-state index in [1.54, 1.807) is 49.6 Å². The van der Waals surface area contributed by atoms with Crippen molar-refractivity contribution >= 4 is 50.6 Å². The van der Waals surface area contributed by atoms with Crippen LogP contribution in [-0.4, -0.2) is 32.0 Å². The first-order valence-corrected chi connectivity index (χ1v) is 10.0. The van der Waals surface area contributed by atoms with Crippen LogP contribution < -0.4 is 19.1 Å². The molecule has 1 saturated heterocycles. The molecule has 1 aliphatic heterocycles. The normalized spacial score (nSPS) is 15.3. The van der Waals surface area contributed by atoms with Gasteiger partial charge in [0.15, 0.2) is 11.5 Å². The van der Waals surface area contributed by atoms with Gasteiger partial charge in [-0.05, 0) is 70.5 Å². The fraction of sp³-hybridized carbons (Fsp3) is 0.200. The van der Waals surface area contributed by atoms with E-state index in [0.29, 0.717) is 44.5 Å². The smallest absolute Gasteiger partial charge is 0.298 e. The molecular formula is C20H18BrNO5S. The Morgan fingerprint density at radius 3 is 2.54 bits per heavy atom. The standard InChI is InChI=1S/C20H18BrNO5S/c1-4-27-16-10-12(9-13(21)18(16)26-3)11-17-19(23)22(20(24)28-17)14-7-5-6-8-15(14)25-2/h5-11H,4H2,1-3H3/b17-11-. The highest BCUT2D eigenvalue weighted by Crippen LogP contribution is 2.41. The van der Waals surface area contributed by atoms with Gasteiger partial charge in [-0.25, -0.2) is 4.90 Å². The Morgan fingerprint density at radius 2 is 1.86 bits per heavy atom. The van der Waals surface area contributed by atoms with Crippen molar-refractivity contribution in [2.45, 2.75) is 6.92 Å². The van der Waals surface area contributed by atoms with Crippen LogP contribution >= 0.6 is 27.7 Å². The number of carbonyl (C=O) groups is 2. The van der Waals surface area contributed by atoms with Crippen LogP contribution in [-0.2, 0) is 4.79 Å². The molecule has 0 N–H and O–H groups in total. The lowest BCUT2D eigenvalue weighted by Gasteiger charge is -2.15. The van der Waals surface area contributed by atoms with Crippen molar-refractivity contribution < 1.29 is 23.8 Å². The number of imide groups is 1. The largest absolute Gasteiger partial charge is 0.495 e. The first kappa shape index (κ1) is 20.3. The summed E-state index contributed by atoms with van der Waals surface area (Å²) in [4.78, 5) is 26.8. The van der Waals surface area contributed by atoms with Gasteiger partial charge in [-0.1, -0.05) is 12.1 Å². The van der Waals surface area contributed by atoms with Gasteiger partial charge in [-0.3, -0.25) is 9.59 Å². The van der Waals surface area contributed by atoms with Gasteiger partial charge in [-0.15, -0.1) is 0 Å². The van der Waals surface area contributed by atoms with Gasteiger partial charge in [0.2, 0.25) is 0 Å². The third-order valence-electron chi connectivity index (χ3n) is 3.95. The maximum Gasteiger partial charge on any atom is 0.298 e. The average molecular weight is 464 g/mol. The van der Waals surface area contributed by atoms with E-state index in [2.05, 4.69) is 15.9 Å². The van der Waals surface area contributed by atoms with Crippen molar-refractivity contribution in [1.82, 2.24) is 0 Å². The van der Waals surface area contributed by atoms with Crippen LogP contribution in [0.15, 0.2) is 45.8 Å². The molecule has 0 aromatic heterocycles. The Balaban J connectivity index is 1.98. The molecule has 1 fully saturated rings. The van der Waals surface area contributed by atoms with Crippen LogP contribution in [0.5, 0.6) is 17.2 Å². The summed E-state index contributed by atoms with van der Waals surface area (Å²) in [5.41, 5.74) is 1.13. The van der Waals surface area contributed by atoms with Gasteiger partial charge >= 0.3 is 0 Å². The fourth-order valence-corrected chi connectivity index (χ4v) is 4.23. The number of benzene rings is 2. The maximum atomic E-state index is 12.9. The lowest BCUT2D eigenvalue weighted by molar-refractivity contribution is -0.113. The number of amides is 2. The number of para-hydroxylation sites is 2. The number of halogens is 1. The van der Waals surface area contributed by atoms with Crippen molar-refractivity contribution in [1.29, 1.82) is 0 Å². The second-order valence-electron chi connectivity index (χ2n) is 5.66. The topological polar surface area (TPSA) is 65.1 Å². The minimum atomic E-state index is -0.399. The molecule has 28 heavy (non-hydrogen) atoms. The van der Waals surface area contributed by atoms with E-state index in [0.717, 1.165) is 16.7 Å². The molecule has 3 rings (SSSR count). The fourth-order valence-electron chi connectivity index (χ4n) is 2.77. The summed E-state index contributed by atoms with van der Waals surface area (Å²) >= 11 is 4.33. The van der Waals surface area contributed by atoms with E-state index < -0.39 is 5.91 Å². The van der Waals surface area contributed by atoms with Crippen molar-refractivity contribution in [2.24, 2.45) is 0 Å². The molecule has 0 unspecified atom stereocenters. The molecule has 2 amide bonds. The molecule has 0 spiro atoms. The van der Waals surface area contributed by atoms with E-state index in [-0.39, 0.29) is 5.24 Å². The summed E-state index contributed by atoms with van der Waals surface area (Å²) in [5.74, 6) is 1.18. The number of ether oxygens (including phenoxy) is 3. The molecule has 8 heteroatoms. The van der Waals surface area contributed by atoms with Crippen molar-refractivity contribution in [2.75, 3.05) is 25.7 Å². The van der Waals surface area contributed by atoms with Gasteiger partial charge in [0.1, 0.15) is 5.75 Å². The third-order valence-corrected chi connectivity index (χ3v) is 5.41. The third kappa shape index (κ3) is 3.88. The molecule has 6 nitrogen and oxygen atoms in total. The Bertz CT molecular complexity index is 960. The number of nitrogens with zero attached hydrogens (tertiary/aromatic N) is 1. The number of hydrogen-bond donors (Lipinski definition) is 0. The predicted octanol–water partition coefficient (Wildman–Crippen LogP) is 5.11. The molecule has 1 heterocycles. The highest BCUT2D eigenvalue weighted by Gasteiger charge is 2.37.